The fourth-order valence-electron chi connectivity index (χ4n) is 1.48. The Bertz CT molecular complexity index is 360. The van der Waals surface area contributed by atoms with Crippen molar-refractivity contribution in [3.63, 3.8) is 0 Å². The normalized spacial score (nSPS) is 12.8. The van der Waals surface area contributed by atoms with Gasteiger partial charge < -0.3 is 10.1 Å². The van der Waals surface area contributed by atoms with Crippen molar-refractivity contribution in [1.29, 1.82) is 0 Å². The maximum absolute atomic E-state index is 11.7. The van der Waals surface area contributed by atoms with Crippen LogP contribution >= 0.6 is 0 Å². The van der Waals surface area contributed by atoms with Gasteiger partial charge in [-0.2, -0.15) is 4.31 Å². The van der Waals surface area contributed by atoms with E-state index >= 15 is 0 Å². The molecule has 0 unspecified atom stereocenters. The van der Waals surface area contributed by atoms with E-state index in [0.717, 1.165) is 6.26 Å². The monoisotopic (exact) mass is 280 g/mol. The van der Waals surface area contributed by atoms with E-state index in [0.29, 0.717) is 19.6 Å². The Kier molecular flexibility index (Phi) is 6.80. The van der Waals surface area contributed by atoms with Gasteiger partial charge in [0.1, 0.15) is 0 Å². The summed E-state index contributed by atoms with van der Waals surface area (Å²) in [5.41, 5.74) is -0.614. The Morgan fingerprint density at radius 1 is 1.33 bits per heavy atom. The van der Waals surface area contributed by atoms with Gasteiger partial charge in [-0.3, -0.25) is 4.79 Å². The maximum atomic E-state index is 11.7. The van der Waals surface area contributed by atoms with Gasteiger partial charge in [-0.25, -0.2) is 8.42 Å². The lowest BCUT2D eigenvalue weighted by Gasteiger charge is -2.32. The third kappa shape index (κ3) is 6.93. The highest BCUT2D eigenvalue weighted by atomic mass is 32.2. The number of nitrogens with zero attached hydrogens (tertiary/aromatic N) is 1. The molecule has 0 aromatic heterocycles. The molecule has 0 atom stereocenters. The van der Waals surface area contributed by atoms with Crippen LogP contribution in [0.1, 0.15) is 27.2 Å². The molecule has 0 aromatic carbocycles. The lowest BCUT2D eigenvalue weighted by molar-refractivity contribution is -0.122. The summed E-state index contributed by atoms with van der Waals surface area (Å²) in [6, 6.07) is 0. The average molecular weight is 280 g/mol. The summed E-state index contributed by atoms with van der Waals surface area (Å²) in [6.07, 6.45) is 1.81. The molecule has 0 rings (SSSR count). The summed E-state index contributed by atoms with van der Waals surface area (Å²) in [6.45, 7) is 6.16. The molecule has 7 heteroatoms. The van der Waals surface area contributed by atoms with Gasteiger partial charge in [0, 0.05) is 25.8 Å². The van der Waals surface area contributed by atoms with Crippen molar-refractivity contribution >= 4 is 15.9 Å². The summed E-state index contributed by atoms with van der Waals surface area (Å²) in [4.78, 5) is 11.7. The van der Waals surface area contributed by atoms with E-state index < -0.39 is 15.6 Å². The van der Waals surface area contributed by atoms with E-state index in [1.54, 1.807) is 27.9 Å². The lowest BCUT2D eigenvalue weighted by atomic mass is 10.1. The Morgan fingerprint density at radius 3 is 2.28 bits per heavy atom. The second kappa shape index (κ2) is 7.06. The summed E-state index contributed by atoms with van der Waals surface area (Å²) >= 11 is 0. The molecule has 6 nitrogen and oxygen atoms in total. The topological polar surface area (TPSA) is 75.7 Å². The number of hydrogen-bond acceptors (Lipinski definition) is 4. The summed E-state index contributed by atoms with van der Waals surface area (Å²) in [7, 11) is -1.82. The van der Waals surface area contributed by atoms with Gasteiger partial charge in [0.2, 0.25) is 15.9 Å². The third-order valence-electron chi connectivity index (χ3n) is 2.28. The highest BCUT2D eigenvalue weighted by molar-refractivity contribution is 7.88. The van der Waals surface area contributed by atoms with Crippen LogP contribution in [0.4, 0.5) is 0 Å². The fraction of sp³-hybridized carbons (Fsp3) is 0.909. The van der Waals surface area contributed by atoms with Crippen molar-refractivity contribution in [2.24, 2.45) is 0 Å². The van der Waals surface area contributed by atoms with Gasteiger partial charge in [0.15, 0.2) is 0 Å². The minimum absolute atomic E-state index is 0.157. The van der Waals surface area contributed by atoms with Crippen LogP contribution < -0.4 is 5.32 Å². The van der Waals surface area contributed by atoms with Gasteiger partial charge in [0.05, 0.1) is 12.8 Å². The van der Waals surface area contributed by atoms with Crippen LogP contribution in [-0.2, 0) is 19.6 Å². The van der Waals surface area contributed by atoms with Crippen LogP contribution in [0.5, 0.6) is 0 Å². The van der Waals surface area contributed by atoms with Crippen molar-refractivity contribution in [2.45, 2.75) is 32.7 Å². The molecule has 0 radical (unpaired) electrons. The highest BCUT2D eigenvalue weighted by Crippen LogP contribution is 2.16. The Labute approximate surface area is 110 Å². The van der Waals surface area contributed by atoms with Crippen molar-refractivity contribution < 1.29 is 17.9 Å². The molecule has 18 heavy (non-hydrogen) atoms. The van der Waals surface area contributed by atoms with Crippen LogP contribution in [0, 0.1) is 0 Å². The Balaban J connectivity index is 4.40. The number of carbonyl (C=O) groups excluding carboxylic acids is 1. The Morgan fingerprint density at radius 2 is 1.89 bits per heavy atom. The fourth-order valence-corrected chi connectivity index (χ4v) is 2.83. The molecule has 1 amide bonds. The predicted molar refractivity (Wildman–Crippen MR) is 70.8 cm³/mol. The molecule has 0 aromatic rings. The first-order chi connectivity index (χ1) is 8.09. The van der Waals surface area contributed by atoms with Crippen LogP contribution in [0.25, 0.3) is 0 Å². The first-order valence-corrected chi connectivity index (χ1v) is 7.67. The molecule has 0 saturated carbocycles. The number of hydrogen-bond donors (Lipinski definition) is 1. The zero-order chi connectivity index (χ0) is 14.4. The SMILES string of the molecule is COCCCNC(=O)CN(C(C)(C)C)S(C)(=O)=O. The molecule has 0 spiro atoms. The van der Waals surface area contributed by atoms with Crippen molar-refractivity contribution in [1.82, 2.24) is 9.62 Å². The zero-order valence-corrected chi connectivity index (χ0v) is 12.6. The van der Waals surface area contributed by atoms with Gasteiger partial charge in [-0.05, 0) is 27.2 Å². The van der Waals surface area contributed by atoms with Gasteiger partial charge in [-0.15, -0.1) is 0 Å². The molecule has 0 aliphatic rings. The van der Waals surface area contributed by atoms with E-state index in [-0.39, 0.29) is 12.5 Å². The molecule has 0 aliphatic heterocycles. The number of ether oxygens (including phenoxy) is 1. The van der Waals surface area contributed by atoms with Crippen LogP contribution in [0.2, 0.25) is 0 Å². The van der Waals surface area contributed by atoms with Crippen molar-refractivity contribution in [3.05, 3.63) is 0 Å². The van der Waals surface area contributed by atoms with E-state index in [1.807, 2.05) is 0 Å². The molecule has 1 N–H and O–H groups in total. The number of rotatable bonds is 7. The number of methoxy groups -OCH3 is 1. The van der Waals surface area contributed by atoms with E-state index in [1.165, 1.54) is 4.31 Å². The zero-order valence-electron chi connectivity index (χ0n) is 11.8. The third-order valence-corrected chi connectivity index (χ3v) is 3.76. The summed E-state index contributed by atoms with van der Waals surface area (Å²) in [5, 5.41) is 2.67. The molecule has 108 valence electrons. The van der Waals surface area contributed by atoms with E-state index in [9.17, 15) is 13.2 Å². The van der Waals surface area contributed by atoms with Gasteiger partial charge in [-0.1, -0.05) is 0 Å². The van der Waals surface area contributed by atoms with E-state index in [4.69, 9.17) is 4.74 Å². The maximum Gasteiger partial charge on any atom is 0.235 e. The number of sulfonamides is 1. The summed E-state index contributed by atoms with van der Waals surface area (Å²) < 4.78 is 29.3. The summed E-state index contributed by atoms with van der Waals surface area (Å²) in [5.74, 6) is -0.300. The molecule has 0 fully saturated rings. The number of amides is 1. The molecular formula is C11H24N2O4S. The molecule has 0 heterocycles. The standard InChI is InChI=1S/C11H24N2O4S/c1-11(2,3)13(18(5,15)16)9-10(14)12-7-6-8-17-4/h6-9H2,1-5H3,(H,12,14). The molecule has 0 saturated heterocycles. The minimum atomic E-state index is -3.41. The predicted octanol–water partition coefficient (Wildman–Crippen LogP) is 0.199. The van der Waals surface area contributed by atoms with Crippen molar-refractivity contribution in [2.75, 3.05) is 33.1 Å². The smallest absolute Gasteiger partial charge is 0.235 e. The Hall–Kier alpha value is -0.660. The van der Waals surface area contributed by atoms with Crippen molar-refractivity contribution in [3.8, 4) is 0 Å². The van der Waals surface area contributed by atoms with Crippen LogP contribution in [-0.4, -0.2) is 57.2 Å². The lowest BCUT2D eigenvalue weighted by Crippen LogP contribution is -2.50. The minimum Gasteiger partial charge on any atom is -0.385 e. The molecular weight excluding hydrogens is 256 g/mol. The molecule has 0 aliphatic carbocycles. The van der Waals surface area contributed by atoms with Gasteiger partial charge >= 0.3 is 0 Å². The average Bonchev–Trinajstić information content (AvgIpc) is 2.18. The quantitative estimate of drug-likeness (QED) is 0.676. The van der Waals surface area contributed by atoms with Gasteiger partial charge in [0.25, 0.3) is 0 Å². The molecule has 0 bridgehead atoms. The first kappa shape index (κ1) is 17.3. The second-order valence-corrected chi connectivity index (χ2v) is 7.04. The number of nitrogens with one attached hydrogen (secondary N) is 1. The van der Waals surface area contributed by atoms with Crippen LogP contribution in [0.3, 0.4) is 0 Å². The number of carbonyl (C=O) groups is 1. The highest BCUT2D eigenvalue weighted by Gasteiger charge is 2.31. The van der Waals surface area contributed by atoms with Crippen LogP contribution in [0.15, 0.2) is 0 Å². The first-order valence-electron chi connectivity index (χ1n) is 5.82. The van der Waals surface area contributed by atoms with E-state index in [2.05, 4.69) is 5.32 Å². The second-order valence-electron chi connectivity index (χ2n) is 5.14. The largest absolute Gasteiger partial charge is 0.385 e.